The predicted octanol–water partition coefficient (Wildman–Crippen LogP) is 4.12. The van der Waals surface area contributed by atoms with Crippen molar-refractivity contribution in [3.8, 4) is 5.75 Å². The van der Waals surface area contributed by atoms with E-state index in [1.807, 2.05) is 52.0 Å². The summed E-state index contributed by atoms with van der Waals surface area (Å²) in [5.41, 5.74) is 2.21. The van der Waals surface area contributed by atoms with Gasteiger partial charge in [-0.25, -0.2) is 0 Å². The molecule has 0 saturated heterocycles. The minimum Gasteiger partial charge on any atom is -0.491 e. The highest BCUT2D eigenvalue weighted by molar-refractivity contribution is 5.95. The van der Waals surface area contributed by atoms with Crippen LogP contribution >= 0.6 is 0 Å². The maximum atomic E-state index is 12.1. The van der Waals surface area contributed by atoms with Crippen LogP contribution in [-0.2, 0) is 9.59 Å². The zero-order valence-corrected chi connectivity index (χ0v) is 16.2. The van der Waals surface area contributed by atoms with Crippen LogP contribution in [-0.4, -0.2) is 24.5 Å². The molecule has 144 valence electrons. The second-order valence-electron chi connectivity index (χ2n) is 6.81. The number of nitrogens with one attached hydrogen (secondary N) is 3. The molecule has 0 aliphatic heterocycles. The van der Waals surface area contributed by atoms with Gasteiger partial charge < -0.3 is 20.7 Å². The fraction of sp³-hybridized carbons (Fsp3) is 0.333. The fourth-order valence-corrected chi connectivity index (χ4v) is 2.23. The summed E-state index contributed by atoms with van der Waals surface area (Å²) in [7, 11) is 0. The summed E-state index contributed by atoms with van der Waals surface area (Å²) in [5, 5.41) is 8.70. The molecule has 2 rings (SSSR count). The van der Waals surface area contributed by atoms with Crippen molar-refractivity contribution < 1.29 is 14.3 Å². The lowest BCUT2D eigenvalue weighted by Crippen LogP contribution is -2.21. The summed E-state index contributed by atoms with van der Waals surface area (Å²) in [6.07, 6.45) is 0.125. The Balaban J connectivity index is 1.80. The third-order valence-corrected chi connectivity index (χ3v) is 3.64. The van der Waals surface area contributed by atoms with E-state index in [0.717, 1.165) is 11.4 Å². The molecular weight excluding hydrogens is 342 g/mol. The molecule has 0 aliphatic carbocycles. The largest absolute Gasteiger partial charge is 0.491 e. The average Bonchev–Trinajstić information content (AvgIpc) is 2.62. The lowest BCUT2D eigenvalue weighted by molar-refractivity contribution is -0.119. The number of hydrogen-bond acceptors (Lipinski definition) is 4. The van der Waals surface area contributed by atoms with Crippen LogP contribution in [0.3, 0.4) is 0 Å². The van der Waals surface area contributed by atoms with E-state index in [1.165, 1.54) is 0 Å². The second kappa shape index (κ2) is 9.62. The monoisotopic (exact) mass is 369 g/mol. The minimum atomic E-state index is -0.156. The SMILES string of the molecule is CC(C)Oc1ccc(NCC(=O)Nc2ccc(NC(=O)C(C)C)cc2)cc1. The van der Waals surface area contributed by atoms with Gasteiger partial charge in [-0.2, -0.15) is 0 Å². The molecule has 0 aromatic heterocycles. The van der Waals surface area contributed by atoms with Crippen LogP contribution in [0.2, 0.25) is 0 Å². The van der Waals surface area contributed by atoms with Crippen LogP contribution in [0.15, 0.2) is 48.5 Å². The van der Waals surface area contributed by atoms with Crippen LogP contribution in [0, 0.1) is 5.92 Å². The van der Waals surface area contributed by atoms with E-state index in [4.69, 9.17) is 4.74 Å². The summed E-state index contributed by atoms with van der Waals surface area (Å²) in [4.78, 5) is 23.8. The normalized spacial score (nSPS) is 10.6. The van der Waals surface area contributed by atoms with Gasteiger partial charge in [0.1, 0.15) is 5.75 Å². The first-order valence-corrected chi connectivity index (χ1v) is 9.05. The molecule has 6 heteroatoms. The average molecular weight is 369 g/mol. The van der Waals surface area contributed by atoms with Crippen molar-refractivity contribution in [3.63, 3.8) is 0 Å². The first kappa shape index (κ1) is 20.3. The number of carbonyl (C=O) groups excluding carboxylic acids is 2. The number of benzene rings is 2. The third kappa shape index (κ3) is 7.01. The minimum absolute atomic E-state index is 0.0409. The van der Waals surface area contributed by atoms with E-state index in [9.17, 15) is 9.59 Å². The maximum Gasteiger partial charge on any atom is 0.243 e. The molecule has 0 saturated carbocycles. The Labute approximate surface area is 160 Å². The summed E-state index contributed by atoms with van der Waals surface area (Å²) in [5.74, 6) is 0.517. The highest BCUT2D eigenvalue weighted by Gasteiger charge is 2.07. The molecule has 0 unspecified atom stereocenters. The lowest BCUT2D eigenvalue weighted by atomic mass is 10.2. The molecule has 0 atom stereocenters. The van der Waals surface area contributed by atoms with Crippen LogP contribution < -0.4 is 20.7 Å². The van der Waals surface area contributed by atoms with Gasteiger partial charge in [-0.3, -0.25) is 9.59 Å². The van der Waals surface area contributed by atoms with Crippen LogP contribution in [0.1, 0.15) is 27.7 Å². The molecule has 0 spiro atoms. The van der Waals surface area contributed by atoms with Crippen LogP contribution in [0.4, 0.5) is 17.1 Å². The molecule has 0 bridgehead atoms. The smallest absolute Gasteiger partial charge is 0.243 e. The molecule has 0 fully saturated rings. The van der Waals surface area contributed by atoms with Crippen molar-refractivity contribution in [1.82, 2.24) is 0 Å². The quantitative estimate of drug-likeness (QED) is 0.654. The molecule has 0 heterocycles. The van der Waals surface area contributed by atoms with E-state index in [0.29, 0.717) is 11.4 Å². The Kier molecular flexibility index (Phi) is 7.23. The highest BCUT2D eigenvalue weighted by Crippen LogP contribution is 2.17. The molecule has 2 amide bonds. The summed E-state index contributed by atoms with van der Waals surface area (Å²) >= 11 is 0. The van der Waals surface area contributed by atoms with Crippen molar-refractivity contribution in [2.24, 2.45) is 5.92 Å². The van der Waals surface area contributed by atoms with Crippen LogP contribution in [0.5, 0.6) is 5.75 Å². The van der Waals surface area contributed by atoms with Gasteiger partial charge in [-0.1, -0.05) is 13.8 Å². The van der Waals surface area contributed by atoms with E-state index in [1.54, 1.807) is 24.3 Å². The number of anilines is 3. The predicted molar refractivity (Wildman–Crippen MR) is 109 cm³/mol. The van der Waals surface area contributed by atoms with Gasteiger partial charge in [0.05, 0.1) is 12.6 Å². The molecule has 0 aliphatic rings. The number of rotatable bonds is 8. The van der Waals surface area contributed by atoms with Gasteiger partial charge in [-0.15, -0.1) is 0 Å². The Bertz CT molecular complexity index is 753. The van der Waals surface area contributed by atoms with Gasteiger partial charge in [0.15, 0.2) is 0 Å². The van der Waals surface area contributed by atoms with Gasteiger partial charge in [-0.05, 0) is 62.4 Å². The first-order valence-electron chi connectivity index (χ1n) is 9.05. The zero-order valence-electron chi connectivity index (χ0n) is 16.2. The Hall–Kier alpha value is -3.02. The van der Waals surface area contributed by atoms with Gasteiger partial charge in [0, 0.05) is 23.0 Å². The number of hydrogen-bond donors (Lipinski definition) is 3. The van der Waals surface area contributed by atoms with E-state index < -0.39 is 0 Å². The van der Waals surface area contributed by atoms with Gasteiger partial charge in [0.2, 0.25) is 11.8 Å². The van der Waals surface area contributed by atoms with Crippen molar-refractivity contribution in [1.29, 1.82) is 0 Å². The van der Waals surface area contributed by atoms with E-state index in [-0.39, 0.29) is 30.4 Å². The standard InChI is InChI=1S/C21H27N3O3/c1-14(2)21(26)24-18-7-5-17(6-8-18)23-20(25)13-22-16-9-11-19(12-10-16)27-15(3)4/h5-12,14-15,22H,13H2,1-4H3,(H,23,25)(H,24,26). The third-order valence-electron chi connectivity index (χ3n) is 3.64. The molecule has 2 aromatic rings. The van der Waals surface area contributed by atoms with Gasteiger partial charge >= 0.3 is 0 Å². The number of ether oxygens (including phenoxy) is 1. The Morgan fingerprint density at radius 2 is 1.33 bits per heavy atom. The summed E-state index contributed by atoms with van der Waals surface area (Å²) < 4.78 is 5.59. The molecule has 3 N–H and O–H groups in total. The van der Waals surface area contributed by atoms with Crippen molar-refractivity contribution in [2.45, 2.75) is 33.8 Å². The number of amides is 2. The van der Waals surface area contributed by atoms with E-state index >= 15 is 0 Å². The zero-order chi connectivity index (χ0) is 19.8. The molecular formula is C21H27N3O3. The van der Waals surface area contributed by atoms with E-state index in [2.05, 4.69) is 16.0 Å². The maximum absolute atomic E-state index is 12.1. The molecule has 6 nitrogen and oxygen atoms in total. The Morgan fingerprint density at radius 3 is 1.85 bits per heavy atom. The first-order chi connectivity index (χ1) is 12.8. The summed E-state index contributed by atoms with van der Waals surface area (Å²) in [6, 6.07) is 14.5. The lowest BCUT2D eigenvalue weighted by Gasteiger charge is -2.12. The summed E-state index contributed by atoms with van der Waals surface area (Å²) in [6.45, 7) is 7.77. The molecule has 27 heavy (non-hydrogen) atoms. The van der Waals surface area contributed by atoms with Crippen molar-refractivity contribution >= 4 is 28.9 Å². The molecule has 2 aromatic carbocycles. The fourth-order valence-electron chi connectivity index (χ4n) is 2.23. The van der Waals surface area contributed by atoms with Crippen molar-refractivity contribution in [2.75, 3.05) is 22.5 Å². The van der Waals surface area contributed by atoms with Crippen LogP contribution in [0.25, 0.3) is 0 Å². The highest BCUT2D eigenvalue weighted by atomic mass is 16.5. The topological polar surface area (TPSA) is 79.5 Å². The second-order valence-corrected chi connectivity index (χ2v) is 6.81. The van der Waals surface area contributed by atoms with Crippen molar-refractivity contribution in [3.05, 3.63) is 48.5 Å². The molecule has 0 radical (unpaired) electrons. The number of carbonyl (C=O) groups is 2. The van der Waals surface area contributed by atoms with Gasteiger partial charge in [0.25, 0.3) is 0 Å². The Morgan fingerprint density at radius 1 is 0.815 bits per heavy atom.